The summed E-state index contributed by atoms with van der Waals surface area (Å²) in [4.78, 5) is 26.6. The van der Waals surface area contributed by atoms with E-state index in [1.54, 1.807) is 15.4 Å². The molecule has 39 heavy (non-hydrogen) atoms. The first-order valence-corrected chi connectivity index (χ1v) is 12.0. The van der Waals surface area contributed by atoms with Crippen LogP contribution >= 0.6 is 0 Å². The zero-order valence-electron chi connectivity index (χ0n) is 21.2. The predicted octanol–water partition coefficient (Wildman–Crippen LogP) is 3.49. The molecule has 4 heterocycles. The normalized spacial score (nSPS) is 15.4. The number of carboxylic acids is 1. The van der Waals surface area contributed by atoms with Crippen LogP contribution in [0.1, 0.15) is 28.8 Å². The Morgan fingerprint density at radius 1 is 1.15 bits per heavy atom. The van der Waals surface area contributed by atoms with Gasteiger partial charge in [0.2, 0.25) is 0 Å². The van der Waals surface area contributed by atoms with Gasteiger partial charge in [-0.25, -0.2) is 14.3 Å². The van der Waals surface area contributed by atoms with Gasteiger partial charge in [0.25, 0.3) is 5.91 Å². The third-order valence-electron chi connectivity index (χ3n) is 6.02. The number of carbonyl (C=O) groups is 2. The summed E-state index contributed by atoms with van der Waals surface area (Å²) < 4.78 is 35.1. The molecule has 4 N–H and O–H groups in total. The van der Waals surface area contributed by atoms with E-state index < -0.39 is 12.1 Å². The highest BCUT2D eigenvalue weighted by Crippen LogP contribution is 2.25. The fourth-order valence-electron chi connectivity index (χ4n) is 4.04. The number of rotatable bonds is 5. The second-order valence-electron chi connectivity index (χ2n) is 9.02. The molecule has 3 aromatic heterocycles. The number of aryl methyl sites for hydroxylation is 2. The number of halogens is 3. The smallest absolute Gasteiger partial charge is 0.475 e. The number of carboxylic acid groups (broad SMARTS) is 1. The Hall–Kier alpha value is -4.46. The van der Waals surface area contributed by atoms with Gasteiger partial charge in [-0.2, -0.15) is 23.4 Å². The molecule has 1 aliphatic heterocycles. The van der Waals surface area contributed by atoms with Crippen LogP contribution in [-0.4, -0.2) is 66.7 Å². The molecule has 0 bridgehead atoms. The molecular formula is C25H27F3N8O3. The van der Waals surface area contributed by atoms with Crippen molar-refractivity contribution in [3.05, 3.63) is 60.2 Å². The molecule has 1 aromatic carbocycles. The van der Waals surface area contributed by atoms with E-state index in [0.717, 1.165) is 54.1 Å². The number of nitrogens with one attached hydrogen (secondary N) is 3. The van der Waals surface area contributed by atoms with Gasteiger partial charge in [-0.15, -0.1) is 0 Å². The van der Waals surface area contributed by atoms with Gasteiger partial charge < -0.3 is 21.1 Å². The maximum atomic E-state index is 13.1. The summed E-state index contributed by atoms with van der Waals surface area (Å²) in [5.74, 6) is -2.24. The number of aliphatic carboxylic acids is 1. The fourth-order valence-corrected chi connectivity index (χ4v) is 4.04. The maximum absolute atomic E-state index is 13.1. The van der Waals surface area contributed by atoms with Crippen molar-refractivity contribution in [1.82, 2.24) is 29.7 Å². The topological polar surface area (TPSA) is 138 Å². The number of piperidine rings is 1. The molecule has 1 atom stereocenters. The van der Waals surface area contributed by atoms with Gasteiger partial charge in [0.05, 0.1) is 12.4 Å². The van der Waals surface area contributed by atoms with E-state index in [1.807, 2.05) is 56.8 Å². The Morgan fingerprint density at radius 2 is 1.92 bits per heavy atom. The van der Waals surface area contributed by atoms with Crippen molar-refractivity contribution in [2.24, 2.45) is 7.05 Å². The van der Waals surface area contributed by atoms with Crippen LogP contribution in [0.5, 0.6) is 0 Å². The van der Waals surface area contributed by atoms with Crippen molar-refractivity contribution >= 4 is 29.0 Å². The van der Waals surface area contributed by atoms with Crippen molar-refractivity contribution in [1.29, 1.82) is 0 Å². The first-order valence-electron chi connectivity index (χ1n) is 12.0. The van der Waals surface area contributed by atoms with Gasteiger partial charge in [-0.05, 0) is 55.6 Å². The number of benzene rings is 1. The summed E-state index contributed by atoms with van der Waals surface area (Å²) >= 11 is 0. The molecular weight excluding hydrogens is 517 g/mol. The number of hydrogen-bond donors (Lipinski definition) is 4. The molecule has 206 valence electrons. The minimum atomic E-state index is -5.08. The lowest BCUT2D eigenvalue weighted by Gasteiger charge is -2.24. The number of anilines is 2. The lowest BCUT2D eigenvalue weighted by Crippen LogP contribution is -2.38. The van der Waals surface area contributed by atoms with Crippen molar-refractivity contribution in [3.8, 4) is 11.1 Å². The number of amides is 1. The first-order chi connectivity index (χ1) is 18.5. The van der Waals surface area contributed by atoms with Crippen LogP contribution in [0.25, 0.3) is 16.8 Å². The Morgan fingerprint density at radius 3 is 2.54 bits per heavy atom. The fraction of sp³-hybridized carbons (Fsp3) is 0.320. The van der Waals surface area contributed by atoms with Crippen molar-refractivity contribution in [3.63, 3.8) is 0 Å². The molecule has 0 aliphatic carbocycles. The number of fused-ring (bicyclic) bond motifs is 1. The third-order valence-corrected chi connectivity index (χ3v) is 6.02. The molecule has 1 fully saturated rings. The predicted molar refractivity (Wildman–Crippen MR) is 138 cm³/mol. The van der Waals surface area contributed by atoms with E-state index in [9.17, 15) is 18.0 Å². The average molecular weight is 545 g/mol. The van der Waals surface area contributed by atoms with Crippen LogP contribution in [-0.2, 0) is 11.8 Å². The molecule has 14 heteroatoms. The summed E-state index contributed by atoms with van der Waals surface area (Å²) in [5, 5.41) is 25.5. The molecule has 1 aliphatic rings. The van der Waals surface area contributed by atoms with E-state index in [4.69, 9.17) is 9.90 Å². The first kappa shape index (κ1) is 27.6. The standard InChI is InChI=1S/C23H26N8O.C2HF3O2/c1-15-10-16(17-11-25-30(2)14-17)5-6-20(15)28-23(32)19-13-26-31-9-7-21(29-22(19)31)27-18-4-3-8-24-12-18;3-2(4,5)1(6)7/h5-7,9-11,13-14,18,24H,3-4,8,12H2,1-2H3,(H,27,29)(H,28,32);(H,6,7)/t18-;/m1./s1. The highest BCUT2D eigenvalue weighted by atomic mass is 19.4. The largest absolute Gasteiger partial charge is 0.490 e. The molecule has 0 radical (unpaired) electrons. The van der Waals surface area contributed by atoms with Gasteiger partial charge in [0.1, 0.15) is 11.4 Å². The van der Waals surface area contributed by atoms with Crippen LogP contribution in [0.2, 0.25) is 0 Å². The summed E-state index contributed by atoms with van der Waals surface area (Å²) in [7, 11) is 1.89. The van der Waals surface area contributed by atoms with Gasteiger partial charge in [-0.3, -0.25) is 9.48 Å². The molecule has 0 unspecified atom stereocenters. The number of alkyl halides is 3. The van der Waals surface area contributed by atoms with Crippen LogP contribution in [0.15, 0.2) is 49.1 Å². The molecule has 11 nitrogen and oxygen atoms in total. The van der Waals surface area contributed by atoms with Crippen LogP contribution in [0, 0.1) is 6.92 Å². The molecule has 0 spiro atoms. The highest BCUT2D eigenvalue weighted by Gasteiger charge is 2.38. The molecule has 4 aromatic rings. The van der Waals surface area contributed by atoms with E-state index in [-0.39, 0.29) is 5.91 Å². The lowest BCUT2D eigenvalue weighted by molar-refractivity contribution is -0.192. The van der Waals surface area contributed by atoms with Gasteiger partial charge in [0, 0.05) is 43.3 Å². The van der Waals surface area contributed by atoms with E-state index in [1.165, 1.54) is 0 Å². The zero-order valence-corrected chi connectivity index (χ0v) is 21.2. The van der Waals surface area contributed by atoms with Crippen LogP contribution in [0.3, 0.4) is 0 Å². The van der Waals surface area contributed by atoms with Gasteiger partial charge in [-0.1, -0.05) is 6.07 Å². The van der Waals surface area contributed by atoms with Gasteiger partial charge in [0.15, 0.2) is 5.65 Å². The second kappa shape index (κ2) is 11.5. The van der Waals surface area contributed by atoms with Crippen LogP contribution in [0.4, 0.5) is 24.7 Å². The van der Waals surface area contributed by atoms with E-state index >= 15 is 0 Å². The molecule has 5 rings (SSSR count). The Kier molecular flexibility index (Phi) is 8.14. The molecule has 1 amide bonds. The molecule has 1 saturated heterocycles. The Balaban J connectivity index is 0.000000448. The van der Waals surface area contributed by atoms with E-state index in [2.05, 4.69) is 31.1 Å². The summed E-state index contributed by atoms with van der Waals surface area (Å²) in [6, 6.07) is 8.16. The van der Waals surface area contributed by atoms with Crippen LogP contribution < -0.4 is 16.0 Å². The average Bonchev–Trinajstić information content (AvgIpc) is 3.52. The number of aromatic nitrogens is 5. The number of carbonyl (C=O) groups excluding carboxylic acids is 1. The van der Waals surface area contributed by atoms with Crippen molar-refractivity contribution in [2.45, 2.75) is 32.0 Å². The third kappa shape index (κ3) is 6.90. The van der Waals surface area contributed by atoms with E-state index in [0.29, 0.717) is 17.3 Å². The van der Waals surface area contributed by atoms with Crippen molar-refractivity contribution < 1.29 is 27.9 Å². The summed E-state index contributed by atoms with van der Waals surface area (Å²) in [6.45, 7) is 3.94. The quantitative estimate of drug-likeness (QED) is 0.300. The Bertz CT molecular complexity index is 1470. The summed E-state index contributed by atoms with van der Waals surface area (Å²) in [6.07, 6.45) is 4.33. The summed E-state index contributed by atoms with van der Waals surface area (Å²) in [5.41, 5.74) is 4.78. The molecule has 0 saturated carbocycles. The number of hydrogen-bond acceptors (Lipinski definition) is 7. The zero-order chi connectivity index (χ0) is 28.2. The van der Waals surface area contributed by atoms with Crippen molar-refractivity contribution in [2.75, 3.05) is 23.7 Å². The Labute approximate surface area is 221 Å². The van der Waals surface area contributed by atoms with Gasteiger partial charge >= 0.3 is 12.1 Å². The number of nitrogens with zero attached hydrogens (tertiary/aromatic N) is 5. The monoisotopic (exact) mass is 544 g/mol. The highest BCUT2D eigenvalue weighted by molar-refractivity contribution is 6.08. The minimum absolute atomic E-state index is 0.235. The lowest BCUT2D eigenvalue weighted by atomic mass is 10.1. The minimum Gasteiger partial charge on any atom is -0.475 e. The SMILES string of the molecule is Cc1cc(-c2cnn(C)c2)ccc1NC(=O)c1cnn2ccc(N[C@@H]3CCCNC3)nc12.O=C(O)C(F)(F)F. The maximum Gasteiger partial charge on any atom is 0.490 e. The second-order valence-corrected chi connectivity index (χ2v) is 9.02.